The number of nitrogens with zero attached hydrogens (tertiary/aromatic N) is 2. The normalized spacial score (nSPS) is 15.2. The van der Waals surface area contributed by atoms with Gasteiger partial charge in [-0.15, -0.1) is 17.8 Å². The number of primary amides is 1. The maximum absolute atomic E-state index is 13.6. The first kappa shape index (κ1) is 22.3. The number of rotatable bonds is 2. The number of halogens is 1. The number of thiazole rings is 1. The Kier molecular flexibility index (Phi) is 8.59. The predicted molar refractivity (Wildman–Crippen MR) is 104 cm³/mol. The van der Waals surface area contributed by atoms with Gasteiger partial charge in [-0.2, -0.15) is 0 Å². The van der Waals surface area contributed by atoms with Crippen LogP contribution >= 0.6 is 11.3 Å². The van der Waals surface area contributed by atoms with Crippen molar-refractivity contribution in [2.75, 3.05) is 13.6 Å². The number of aliphatic hydroxyl groups is 1. The molecule has 1 unspecified atom stereocenters. The number of benzene rings is 1. The minimum atomic E-state index is -0.722. The van der Waals surface area contributed by atoms with Crippen LogP contribution in [0.4, 0.5) is 4.39 Å². The summed E-state index contributed by atoms with van der Waals surface area (Å²) >= 11 is 1.07. The van der Waals surface area contributed by atoms with Crippen LogP contribution in [0.2, 0.25) is 0 Å². The van der Waals surface area contributed by atoms with Crippen LogP contribution in [0.3, 0.4) is 0 Å². The number of hydrogen-bond acceptors (Lipinski definition) is 5. The zero-order valence-electron chi connectivity index (χ0n) is 15.4. The number of aromatic nitrogens is 1. The molecule has 0 bridgehead atoms. The van der Waals surface area contributed by atoms with E-state index in [4.69, 9.17) is 17.3 Å². The standard InChI is InChI=1S/C12H7FN2OS.C5H9NO2.C2H6/c1-2-7-3-4-9(13)8(5-7)10-6-17-12(15-10)11(14)16;1-6-3-2-4(7)5(6)8;1-2/h1,3-6H,(H2,14,16);4,7H,2-3H2,1H3;1-2H3. The second-order valence-electron chi connectivity index (χ2n) is 5.31. The molecule has 1 atom stereocenters. The molecule has 3 rings (SSSR count). The van der Waals surface area contributed by atoms with Crippen LogP contribution < -0.4 is 5.73 Å². The molecular formula is C19H22FN3O3S. The Labute approximate surface area is 161 Å². The Morgan fingerprint density at radius 1 is 1.48 bits per heavy atom. The van der Waals surface area contributed by atoms with Crippen LogP contribution in [-0.4, -0.2) is 46.5 Å². The highest BCUT2D eigenvalue weighted by Gasteiger charge is 2.25. The number of carbonyl (C=O) groups excluding carboxylic acids is 2. The van der Waals surface area contributed by atoms with Gasteiger partial charge in [-0.05, 0) is 24.6 Å². The van der Waals surface area contributed by atoms with E-state index in [9.17, 15) is 14.0 Å². The van der Waals surface area contributed by atoms with Crippen molar-refractivity contribution in [3.63, 3.8) is 0 Å². The molecule has 1 aromatic heterocycles. The molecule has 8 heteroatoms. The summed E-state index contributed by atoms with van der Waals surface area (Å²) in [6.07, 6.45) is 5.11. The maximum Gasteiger partial charge on any atom is 0.277 e. The van der Waals surface area contributed by atoms with Crippen LogP contribution in [0.5, 0.6) is 0 Å². The molecule has 0 spiro atoms. The zero-order valence-corrected chi connectivity index (χ0v) is 16.2. The highest BCUT2D eigenvalue weighted by Crippen LogP contribution is 2.25. The molecule has 6 nitrogen and oxygen atoms in total. The summed E-state index contributed by atoms with van der Waals surface area (Å²) in [5, 5.41) is 10.5. The van der Waals surface area contributed by atoms with Gasteiger partial charge in [-0.1, -0.05) is 19.8 Å². The molecule has 0 saturated carbocycles. The lowest BCUT2D eigenvalue weighted by molar-refractivity contribution is -0.133. The van der Waals surface area contributed by atoms with E-state index in [1.807, 2.05) is 13.8 Å². The van der Waals surface area contributed by atoms with Crippen LogP contribution in [0.15, 0.2) is 23.6 Å². The molecule has 3 N–H and O–H groups in total. The van der Waals surface area contributed by atoms with Gasteiger partial charge in [0, 0.05) is 30.1 Å². The second-order valence-corrected chi connectivity index (χ2v) is 6.16. The molecule has 2 heterocycles. The SMILES string of the molecule is C#Cc1ccc(F)c(-c2csc(C(N)=O)n2)c1.CC.CN1CCC(O)C1=O. The van der Waals surface area contributed by atoms with Gasteiger partial charge in [0.25, 0.3) is 11.8 Å². The number of likely N-dealkylation sites (tertiary alicyclic amines) is 1. The Morgan fingerprint density at radius 3 is 2.56 bits per heavy atom. The summed E-state index contributed by atoms with van der Waals surface area (Å²) in [6.45, 7) is 4.69. The summed E-state index contributed by atoms with van der Waals surface area (Å²) in [7, 11) is 1.69. The number of likely N-dealkylation sites (N-methyl/N-ethyl adjacent to an activating group) is 1. The lowest BCUT2D eigenvalue weighted by Gasteiger charge is -2.04. The van der Waals surface area contributed by atoms with Crippen molar-refractivity contribution in [2.24, 2.45) is 5.73 Å². The van der Waals surface area contributed by atoms with Crippen LogP contribution in [-0.2, 0) is 4.79 Å². The van der Waals surface area contributed by atoms with Gasteiger partial charge in [-0.25, -0.2) is 9.37 Å². The lowest BCUT2D eigenvalue weighted by atomic mass is 10.1. The van der Waals surface area contributed by atoms with E-state index in [1.165, 1.54) is 23.1 Å². The van der Waals surface area contributed by atoms with E-state index in [0.717, 1.165) is 11.3 Å². The van der Waals surface area contributed by atoms with Crippen molar-refractivity contribution in [1.82, 2.24) is 9.88 Å². The average molecular weight is 391 g/mol. The maximum atomic E-state index is 13.6. The Bertz CT molecular complexity index is 833. The zero-order chi connectivity index (χ0) is 20.6. The number of aliphatic hydroxyl groups excluding tert-OH is 1. The van der Waals surface area contributed by atoms with Gasteiger partial charge >= 0.3 is 0 Å². The molecule has 1 fully saturated rings. The first-order valence-corrected chi connectivity index (χ1v) is 9.16. The van der Waals surface area contributed by atoms with Crippen molar-refractivity contribution < 1.29 is 19.1 Å². The summed E-state index contributed by atoms with van der Waals surface area (Å²) in [4.78, 5) is 27.0. The third-order valence-corrected chi connectivity index (χ3v) is 4.38. The predicted octanol–water partition coefficient (Wildman–Crippen LogP) is 2.27. The summed E-state index contributed by atoms with van der Waals surface area (Å²) < 4.78 is 13.6. The van der Waals surface area contributed by atoms with Gasteiger partial charge in [0.2, 0.25) is 0 Å². The first-order valence-electron chi connectivity index (χ1n) is 8.28. The van der Waals surface area contributed by atoms with E-state index < -0.39 is 17.8 Å². The van der Waals surface area contributed by atoms with Crippen molar-refractivity contribution >= 4 is 23.2 Å². The minimum Gasteiger partial charge on any atom is -0.383 e. The highest BCUT2D eigenvalue weighted by molar-refractivity contribution is 7.12. The molecule has 2 aromatic rings. The molecular weight excluding hydrogens is 369 g/mol. The minimum absolute atomic E-state index is 0.144. The molecule has 1 aromatic carbocycles. The van der Waals surface area contributed by atoms with E-state index in [-0.39, 0.29) is 16.5 Å². The van der Waals surface area contributed by atoms with E-state index in [0.29, 0.717) is 24.2 Å². The van der Waals surface area contributed by atoms with Crippen molar-refractivity contribution in [1.29, 1.82) is 0 Å². The number of carbonyl (C=O) groups is 2. The Hall–Kier alpha value is -2.76. The largest absolute Gasteiger partial charge is 0.383 e. The molecule has 0 aliphatic carbocycles. The first-order chi connectivity index (χ1) is 12.8. The molecule has 27 heavy (non-hydrogen) atoms. The smallest absolute Gasteiger partial charge is 0.277 e. The number of terminal acetylenes is 1. The topological polar surface area (TPSA) is 96.5 Å². The van der Waals surface area contributed by atoms with Gasteiger partial charge < -0.3 is 15.7 Å². The second kappa shape index (κ2) is 10.4. The molecule has 0 radical (unpaired) electrons. The van der Waals surface area contributed by atoms with E-state index in [2.05, 4.69) is 10.9 Å². The van der Waals surface area contributed by atoms with Gasteiger partial charge in [0.1, 0.15) is 11.9 Å². The molecule has 2 amide bonds. The van der Waals surface area contributed by atoms with Crippen molar-refractivity contribution in [3.05, 3.63) is 40.0 Å². The third-order valence-electron chi connectivity index (χ3n) is 3.52. The summed E-state index contributed by atoms with van der Waals surface area (Å²) in [5.74, 6) is 1.19. The number of nitrogens with two attached hydrogens (primary N) is 1. The molecule has 1 aliphatic heterocycles. The highest BCUT2D eigenvalue weighted by atomic mass is 32.1. The average Bonchev–Trinajstić information content (AvgIpc) is 3.28. The number of hydrogen-bond donors (Lipinski definition) is 2. The summed E-state index contributed by atoms with van der Waals surface area (Å²) in [6, 6.07) is 4.28. The van der Waals surface area contributed by atoms with Crippen molar-refractivity contribution in [2.45, 2.75) is 26.4 Å². The van der Waals surface area contributed by atoms with Crippen LogP contribution in [0, 0.1) is 18.2 Å². The fourth-order valence-electron chi connectivity index (χ4n) is 2.13. The van der Waals surface area contributed by atoms with Crippen molar-refractivity contribution in [3.8, 4) is 23.6 Å². The van der Waals surface area contributed by atoms with Gasteiger partial charge in [0.05, 0.1) is 5.69 Å². The fraction of sp³-hybridized carbons (Fsp3) is 0.316. The Balaban J connectivity index is 0.000000305. The van der Waals surface area contributed by atoms with E-state index >= 15 is 0 Å². The summed E-state index contributed by atoms with van der Waals surface area (Å²) in [5.41, 5.74) is 6.26. The third kappa shape index (κ3) is 5.88. The molecule has 1 aliphatic rings. The fourth-order valence-corrected chi connectivity index (χ4v) is 2.80. The van der Waals surface area contributed by atoms with Crippen LogP contribution in [0.25, 0.3) is 11.3 Å². The van der Waals surface area contributed by atoms with E-state index in [1.54, 1.807) is 12.4 Å². The monoisotopic (exact) mass is 391 g/mol. The quantitative estimate of drug-likeness (QED) is 0.768. The van der Waals surface area contributed by atoms with Crippen LogP contribution in [0.1, 0.15) is 35.6 Å². The van der Waals surface area contributed by atoms with Gasteiger partial charge in [0.15, 0.2) is 5.01 Å². The van der Waals surface area contributed by atoms with Gasteiger partial charge in [-0.3, -0.25) is 9.59 Å². The Morgan fingerprint density at radius 2 is 2.15 bits per heavy atom. The molecule has 144 valence electrons. The lowest BCUT2D eigenvalue weighted by Crippen LogP contribution is -2.24. The molecule has 1 saturated heterocycles. The number of amides is 2.